The number of carbonyl (C=O) groups is 2. The van der Waals surface area contributed by atoms with Gasteiger partial charge in [0.05, 0.1) is 11.8 Å². The van der Waals surface area contributed by atoms with E-state index < -0.39 is 17.2 Å². The second kappa shape index (κ2) is 7.03. The minimum atomic E-state index is -1.02. The Kier molecular flexibility index (Phi) is 4.81. The maximum absolute atomic E-state index is 12.4. The second-order valence-corrected chi connectivity index (χ2v) is 7.11. The van der Waals surface area contributed by atoms with Gasteiger partial charge in [0.2, 0.25) is 0 Å². The van der Waals surface area contributed by atoms with E-state index in [9.17, 15) is 14.9 Å². The Morgan fingerprint density at radius 1 is 1.20 bits per heavy atom. The molecule has 1 aliphatic rings. The Hall–Kier alpha value is -2.72. The fourth-order valence-corrected chi connectivity index (χ4v) is 3.94. The minimum absolute atomic E-state index is 0.420. The summed E-state index contributed by atoms with van der Waals surface area (Å²) in [6.07, 6.45) is 2.76. The van der Waals surface area contributed by atoms with E-state index in [2.05, 4.69) is 21.9 Å². The van der Waals surface area contributed by atoms with Gasteiger partial charge in [-0.3, -0.25) is 20.4 Å². The van der Waals surface area contributed by atoms with Crippen LogP contribution in [0.1, 0.15) is 41.0 Å². The molecule has 1 aliphatic carbocycles. The fourth-order valence-electron chi connectivity index (χ4n) is 2.97. The highest BCUT2D eigenvalue weighted by Gasteiger charge is 2.41. The SMILES string of the molecule is Cc1nc(-c2ccccc2)sc1C(=O)NNC(=O)C1(C#N)CCCC1. The molecule has 2 aromatic rings. The van der Waals surface area contributed by atoms with Crippen molar-refractivity contribution in [2.75, 3.05) is 0 Å². The Balaban J connectivity index is 1.69. The summed E-state index contributed by atoms with van der Waals surface area (Å²) >= 11 is 1.27. The van der Waals surface area contributed by atoms with Gasteiger partial charge in [0.15, 0.2) is 0 Å². The van der Waals surface area contributed by atoms with Gasteiger partial charge in [0.1, 0.15) is 15.3 Å². The van der Waals surface area contributed by atoms with Crippen molar-refractivity contribution in [3.05, 3.63) is 40.9 Å². The van der Waals surface area contributed by atoms with Crippen LogP contribution in [0.25, 0.3) is 10.6 Å². The summed E-state index contributed by atoms with van der Waals surface area (Å²) < 4.78 is 0. The van der Waals surface area contributed by atoms with E-state index >= 15 is 0 Å². The Bertz CT molecular complexity index is 833. The normalized spacial score (nSPS) is 15.4. The molecule has 2 N–H and O–H groups in total. The molecule has 0 spiro atoms. The van der Waals surface area contributed by atoms with Crippen LogP contribution < -0.4 is 10.9 Å². The molecule has 0 radical (unpaired) electrons. The van der Waals surface area contributed by atoms with Crippen LogP contribution in [0.2, 0.25) is 0 Å². The van der Waals surface area contributed by atoms with Gasteiger partial charge in [-0.25, -0.2) is 4.98 Å². The van der Waals surface area contributed by atoms with Crippen LogP contribution in [0.3, 0.4) is 0 Å². The number of rotatable bonds is 3. The summed E-state index contributed by atoms with van der Waals surface area (Å²) in [6.45, 7) is 1.76. The predicted molar refractivity (Wildman–Crippen MR) is 94.4 cm³/mol. The summed E-state index contributed by atoms with van der Waals surface area (Å²) in [7, 11) is 0. The number of aryl methyl sites for hydroxylation is 1. The summed E-state index contributed by atoms with van der Waals surface area (Å²) in [6, 6.07) is 11.7. The van der Waals surface area contributed by atoms with Crippen molar-refractivity contribution < 1.29 is 9.59 Å². The van der Waals surface area contributed by atoms with Crippen LogP contribution in [-0.4, -0.2) is 16.8 Å². The number of hydrogen-bond acceptors (Lipinski definition) is 5. The molecule has 25 heavy (non-hydrogen) atoms. The quantitative estimate of drug-likeness (QED) is 0.829. The number of thiazole rings is 1. The summed E-state index contributed by atoms with van der Waals surface area (Å²) in [5.74, 6) is -0.858. The summed E-state index contributed by atoms with van der Waals surface area (Å²) in [5, 5.41) is 10.1. The molecule has 1 aromatic carbocycles. The van der Waals surface area contributed by atoms with Crippen molar-refractivity contribution in [1.29, 1.82) is 5.26 Å². The standard InChI is InChI=1S/C18H18N4O2S/c1-12-14(25-16(20-12)13-7-3-2-4-8-13)15(23)21-22-17(24)18(11-19)9-5-6-10-18/h2-4,7-8H,5-6,9-10H2,1H3,(H,21,23)(H,22,24). The molecule has 6 nitrogen and oxygen atoms in total. The first-order valence-electron chi connectivity index (χ1n) is 8.11. The van der Waals surface area contributed by atoms with Crippen LogP contribution in [0.4, 0.5) is 0 Å². The zero-order chi connectivity index (χ0) is 17.9. The molecule has 0 atom stereocenters. The highest BCUT2D eigenvalue weighted by Crippen LogP contribution is 2.37. The van der Waals surface area contributed by atoms with Crippen LogP contribution in [0, 0.1) is 23.7 Å². The lowest BCUT2D eigenvalue weighted by atomic mass is 9.87. The molecule has 0 aliphatic heterocycles. The molecule has 0 unspecified atom stereocenters. The van der Waals surface area contributed by atoms with Gasteiger partial charge in [-0.05, 0) is 19.8 Å². The van der Waals surface area contributed by atoms with E-state index in [1.54, 1.807) is 6.92 Å². The number of nitrogens with one attached hydrogen (secondary N) is 2. The van der Waals surface area contributed by atoms with Crippen molar-refractivity contribution in [3.63, 3.8) is 0 Å². The van der Waals surface area contributed by atoms with E-state index in [0.717, 1.165) is 23.4 Å². The number of benzene rings is 1. The summed E-state index contributed by atoms with van der Waals surface area (Å²) in [4.78, 5) is 29.5. The molecule has 7 heteroatoms. The van der Waals surface area contributed by atoms with Crippen molar-refractivity contribution in [2.45, 2.75) is 32.6 Å². The lowest BCUT2D eigenvalue weighted by Gasteiger charge is -2.19. The van der Waals surface area contributed by atoms with Gasteiger partial charge in [-0.1, -0.05) is 43.2 Å². The van der Waals surface area contributed by atoms with E-state index in [1.165, 1.54) is 11.3 Å². The minimum Gasteiger partial charge on any atom is -0.271 e. The molecule has 1 aromatic heterocycles. The fraction of sp³-hybridized carbons (Fsp3) is 0.333. The summed E-state index contributed by atoms with van der Waals surface area (Å²) in [5.41, 5.74) is 5.35. The van der Waals surface area contributed by atoms with E-state index in [-0.39, 0.29) is 0 Å². The number of nitriles is 1. The van der Waals surface area contributed by atoms with Gasteiger partial charge >= 0.3 is 0 Å². The predicted octanol–water partition coefficient (Wildman–Crippen LogP) is 2.96. The van der Waals surface area contributed by atoms with Gasteiger partial charge in [0.25, 0.3) is 11.8 Å². The largest absolute Gasteiger partial charge is 0.281 e. The monoisotopic (exact) mass is 354 g/mol. The van der Waals surface area contributed by atoms with Crippen LogP contribution in [0.15, 0.2) is 30.3 Å². The number of nitrogens with zero attached hydrogens (tertiary/aromatic N) is 2. The Morgan fingerprint density at radius 2 is 1.88 bits per heavy atom. The third kappa shape index (κ3) is 3.39. The van der Waals surface area contributed by atoms with Crippen LogP contribution in [0.5, 0.6) is 0 Å². The van der Waals surface area contributed by atoms with Crippen LogP contribution in [-0.2, 0) is 4.79 Å². The number of carbonyl (C=O) groups excluding carboxylic acids is 2. The van der Waals surface area contributed by atoms with Gasteiger partial charge in [-0.2, -0.15) is 5.26 Å². The average Bonchev–Trinajstić information content (AvgIpc) is 3.27. The topological polar surface area (TPSA) is 94.9 Å². The molecule has 128 valence electrons. The van der Waals surface area contributed by atoms with Gasteiger partial charge < -0.3 is 0 Å². The lowest BCUT2D eigenvalue weighted by Crippen LogP contribution is -2.48. The molecule has 1 heterocycles. The second-order valence-electron chi connectivity index (χ2n) is 6.11. The first-order chi connectivity index (χ1) is 12.1. The molecular formula is C18H18N4O2S. The van der Waals surface area contributed by atoms with E-state index in [4.69, 9.17) is 0 Å². The zero-order valence-corrected chi connectivity index (χ0v) is 14.7. The average molecular weight is 354 g/mol. The van der Waals surface area contributed by atoms with Crippen molar-refractivity contribution >= 4 is 23.2 Å². The third-order valence-corrected chi connectivity index (χ3v) is 5.62. The zero-order valence-electron chi connectivity index (χ0n) is 13.8. The number of hydrogen-bond donors (Lipinski definition) is 2. The van der Waals surface area contributed by atoms with E-state index in [1.807, 2.05) is 30.3 Å². The highest BCUT2D eigenvalue weighted by atomic mass is 32.1. The van der Waals surface area contributed by atoms with Crippen molar-refractivity contribution in [1.82, 2.24) is 15.8 Å². The first kappa shape index (κ1) is 17.1. The number of amides is 2. The number of hydrazine groups is 1. The molecule has 2 amide bonds. The highest BCUT2D eigenvalue weighted by molar-refractivity contribution is 7.17. The molecule has 0 saturated heterocycles. The molecule has 3 rings (SSSR count). The number of aromatic nitrogens is 1. The van der Waals surface area contributed by atoms with Crippen molar-refractivity contribution in [3.8, 4) is 16.6 Å². The van der Waals surface area contributed by atoms with Crippen molar-refractivity contribution in [2.24, 2.45) is 5.41 Å². The maximum Gasteiger partial charge on any atom is 0.281 e. The molecule has 1 saturated carbocycles. The Morgan fingerprint density at radius 3 is 2.52 bits per heavy atom. The van der Waals surface area contributed by atoms with Gasteiger partial charge in [-0.15, -0.1) is 11.3 Å². The van der Waals surface area contributed by atoms with Gasteiger partial charge in [0, 0.05) is 5.56 Å². The third-order valence-electron chi connectivity index (χ3n) is 4.42. The molecule has 0 bridgehead atoms. The molecule has 1 fully saturated rings. The maximum atomic E-state index is 12.4. The smallest absolute Gasteiger partial charge is 0.271 e. The van der Waals surface area contributed by atoms with Crippen LogP contribution >= 0.6 is 11.3 Å². The first-order valence-corrected chi connectivity index (χ1v) is 8.92. The lowest BCUT2D eigenvalue weighted by molar-refractivity contribution is -0.128. The van der Waals surface area contributed by atoms with E-state index in [0.29, 0.717) is 23.4 Å². The Labute approximate surface area is 149 Å². The molecular weight excluding hydrogens is 336 g/mol.